The van der Waals surface area contributed by atoms with E-state index in [1.54, 1.807) is 0 Å². The smallest absolute Gasteiger partial charge is 0.244 e. The van der Waals surface area contributed by atoms with Crippen LogP contribution in [0.3, 0.4) is 0 Å². The minimum absolute atomic E-state index is 0.131. The zero-order valence-electron chi connectivity index (χ0n) is 14.1. The Morgan fingerprint density at radius 3 is 2.67 bits per heavy atom. The fourth-order valence-electron chi connectivity index (χ4n) is 3.15. The summed E-state index contributed by atoms with van der Waals surface area (Å²) in [5.41, 5.74) is 0.801. The van der Waals surface area contributed by atoms with Gasteiger partial charge in [-0.3, -0.25) is 4.79 Å². The molecule has 1 aliphatic heterocycles. The van der Waals surface area contributed by atoms with Crippen molar-refractivity contribution < 1.29 is 13.2 Å². The number of nitrogens with zero attached hydrogens (tertiary/aromatic N) is 2. The molecular formula is C18H16ClN3O3S2. The Morgan fingerprint density at radius 1 is 1.19 bits per heavy atom. The number of sulfonamides is 1. The van der Waals surface area contributed by atoms with E-state index < -0.39 is 16.1 Å². The second-order valence-electron chi connectivity index (χ2n) is 6.20. The summed E-state index contributed by atoms with van der Waals surface area (Å²) in [6.07, 6.45) is 1.11. The van der Waals surface area contributed by atoms with Gasteiger partial charge in [-0.1, -0.05) is 35.1 Å². The molecule has 3 aromatic rings. The molecule has 4 rings (SSSR count). The summed E-state index contributed by atoms with van der Waals surface area (Å²) < 4.78 is 28.1. The lowest BCUT2D eigenvalue weighted by molar-refractivity contribution is -0.119. The average Bonchev–Trinajstić information content (AvgIpc) is 3.29. The number of thiazole rings is 1. The van der Waals surface area contributed by atoms with Gasteiger partial charge in [0.25, 0.3) is 0 Å². The predicted molar refractivity (Wildman–Crippen MR) is 107 cm³/mol. The lowest BCUT2D eigenvalue weighted by atomic mass is 10.2. The average molecular weight is 422 g/mol. The van der Waals surface area contributed by atoms with Crippen LogP contribution in [-0.2, 0) is 14.8 Å². The number of carbonyl (C=O) groups is 1. The number of fused-ring (bicyclic) bond motifs is 1. The number of aromatic nitrogens is 1. The molecule has 0 spiro atoms. The lowest BCUT2D eigenvalue weighted by Gasteiger charge is -2.23. The Morgan fingerprint density at radius 2 is 1.93 bits per heavy atom. The molecule has 27 heavy (non-hydrogen) atoms. The standard InChI is InChI=1S/C18H16ClN3O3S2/c19-12-7-9-13(10-8-12)27(24,25)22-11-3-5-15(22)17(23)21-18-20-14-4-1-2-6-16(14)26-18/h1-2,4,6-10,15H,3,5,11H2,(H,20,21,23)/t15-/m1/s1. The SMILES string of the molecule is O=C(Nc1nc2ccccc2s1)[C@H]1CCCN1S(=O)(=O)c1ccc(Cl)cc1. The molecule has 1 N–H and O–H groups in total. The molecule has 1 atom stereocenters. The van der Waals surface area contributed by atoms with Gasteiger partial charge in [0.1, 0.15) is 6.04 Å². The number of rotatable bonds is 4. The third-order valence-electron chi connectivity index (χ3n) is 4.45. The number of carbonyl (C=O) groups excluding carboxylic acids is 1. The maximum absolute atomic E-state index is 12.9. The molecule has 0 saturated carbocycles. The molecule has 1 amide bonds. The molecule has 1 aromatic heterocycles. The van der Waals surface area contributed by atoms with Gasteiger partial charge in [0.05, 0.1) is 15.1 Å². The molecule has 0 radical (unpaired) electrons. The van der Waals surface area contributed by atoms with Crippen LogP contribution < -0.4 is 5.32 Å². The van der Waals surface area contributed by atoms with Crippen molar-refractivity contribution in [3.63, 3.8) is 0 Å². The first kappa shape index (κ1) is 18.4. The molecule has 0 aliphatic carbocycles. The first-order chi connectivity index (χ1) is 12.9. The fraction of sp³-hybridized carbons (Fsp3) is 0.222. The summed E-state index contributed by atoms with van der Waals surface area (Å²) in [6.45, 7) is 0.308. The summed E-state index contributed by atoms with van der Waals surface area (Å²) in [4.78, 5) is 17.3. The van der Waals surface area contributed by atoms with Crippen molar-refractivity contribution in [2.75, 3.05) is 11.9 Å². The van der Waals surface area contributed by atoms with Crippen LogP contribution >= 0.6 is 22.9 Å². The summed E-state index contributed by atoms with van der Waals surface area (Å²) >= 11 is 7.21. The van der Waals surface area contributed by atoms with E-state index in [4.69, 9.17) is 11.6 Å². The first-order valence-electron chi connectivity index (χ1n) is 8.39. The van der Waals surface area contributed by atoms with Gasteiger partial charge in [0.15, 0.2) is 5.13 Å². The molecule has 0 bridgehead atoms. The van der Waals surface area contributed by atoms with Crippen LogP contribution in [-0.4, -0.2) is 36.2 Å². The molecule has 9 heteroatoms. The zero-order valence-corrected chi connectivity index (χ0v) is 16.5. The quantitative estimate of drug-likeness (QED) is 0.695. The normalized spacial score (nSPS) is 18.0. The monoisotopic (exact) mass is 421 g/mol. The molecular weight excluding hydrogens is 406 g/mol. The van der Waals surface area contributed by atoms with Crippen molar-refractivity contribution in [2.45, 2.75) is 23.8 Å². The van der Waals surface area contributed by atoms with Gasteiger partial charge >= 0.3 is 0 Å². The number of benzene rings is 2. The highest BCUT2D eigenvalue weighted by Crippen LogP contribution is 2.29. The number of para-hydroxylation sites is 1. The highest BCUT2D eigenvalue weighted by atomic mass is 35.5. The zero-order chi connectivity index (χ0) is 19.0. The van der Waals surface area contributed by atoms with Gasteiger partial charge in [0, 0.05) is 11.6 Å². The van der Waals surface area contributed by atoms with Crippen molar-refractivity contribution in [2.24, 2.45) is 0 Å². The molecule has 2 aromatic carbocycles. The number of amides is 1. The van der Waals surface area contributed by atoms with E-state index in [-0.39, 0.29) is 10.8 Å². The van der Waals surface area contributed by atoms with E-state index >= 15 is 0 Å². The maximum atomic E-state index is 12.9. The van der Waals surface area contributed by atoms with Gasteiger partial charge < -0.3 is 5.32 Å². The highest BCUT2D eigenvalue weighted by molar-refractivity contribution is 7.89. The van der Waals surface area contributed by atoms with E-state index in [0.29, 0.717) is 29.5 Å². The molecule has 6 nitrogen and oxygen atoms in total. The molecule has 1 fully saturated rings. The van der Waals surface area contributed by atoms with E-state index in [1.807, 2.05) is 24.3 Å². The van der Waals surface area contributed by atoms with Crippen molar-refractivity contribution in [3.8, 4) is 0 Å². The van der Waals surface area contributed by atoms with Crippen LogP contribution in [0, 0.1) is 0 Å². The van der Waals surface area contributed by atoms with Crippen molar-refractivity contribution in [1.82, 2.24) is 9.29 Å². The lowest BCUT2D eigenvalue weighted by Crippen LogP contribution is -2.43. The number of halogens is 1. The number of hydrogen-bond acceptors (Lipinski definition) is 5. The van der Waals surface area contributed by atoms with E-state index in [1.165, 1.54) is 39.9 Å². The largest absolute Gasteiger partial charge is 0.301 e. The Bertz CT molecular complexity index is 1060. The van der Waals surface area contributed by atoms with Crippen molar-refractivity contribution in [1.29, 1.82) is 0 Å². The number of nitrogens with one attached hydrogen (secondary N) is 1. The van der Waals surface area contributed by atoms with Gasteiger partial charge in [0.2, 0.25) is 15.9 Å². The Balaban J connectivity index is 1.56. The summed E-state index contributed by atoms with van der Waals surface area (Å²) in [7, 11) is -3.77. The van der Waals surface area contributed by atoms with E-state index in [2.05, 4.69) is 10.3 Å². The number of anilines is 1. The van der Waals surface area contributed by atoms with Gasteiger partial charge in [-0.2, -0.15) is 4.31 Å². The molecule has 0 unspecified atom stereocenters. The predicted octanol–water partition coefficient (Wildman–Crippen LogP) is 3.74. The van der Waals surface area contributed by atoms with Crippen LogP contribution in [0.25, 0.3) is 10.2 Å². The highest BCUT2D eigenvalue weighted by Gasteiger charge is 2.39. The van der Waals surface area contributed by atoms with Crippen LogP contribution in [0.4, 0.5) is 5.13 Å². The van der Waals surface area contributed by atoms with Crippen LogP contribution in [0.1, 0.15) is 12.8 Å². The molecule has 2 heterocycles. The molecule has 140 valence electrons. The Labute approximate surface area is 165 Å². The fourth-order valence-corrected chi connectivity index (χ4v) is 5.80. The third kappa shape index (κ3) is 3.58. The Kier molecular flexibility index (Phi) is 4.90. The molecule has 1 saturated heterocycles. The van der Waals surface area contributed by atoms with Gasteiger partial charge in [-0.05, 0) is 49.2 Å². The first-order valence-corrected chi connectivity index (χ1v) is 11.0. The van der Waals surface area contributed by atoms with Crippen LogP contribution in [0.15, 0.2) is 53.4 Å². The van der Waals surface area contributed by atoms with Gasteiger partial charge in [-0.15, -0.1) is 0 Å². The Hall–Kier alpha value is -2.00. The minimum Gasteiger partial charge on any atom is -0.301 e. The van der Waals surface area contributed by atoms with Gasteiger partial charge in [-0.25, -0.2) is 13.4 Å². The summed E-state index contributed by atoms with van der Waals surface area (Å²) in [5, 5.41) is 3.71. The molecule has 1 aliphatic rings. The second-order valence-corrected chi connectivity index (χ2v) is 9.56. The maximum Gasteiger partial charge on any atom is 0.244 e. The number of hydrogen-bond donors (Lipinski definition) is 1. The summed E-state index contributed by atoms with van der Waals surface area (Å²) in [5.74, 6) is -0.357. The topological polar surface area (TPSA) is 79.4 Å². The second kappa shape index (κ2) is 7.20. The van der Waals surface area contributed by atoms with Crippen molar-refractivity contribution in [3.05, 3.63) is 53.6 Å². The minimum atomic E-state index is -3.77. The van der Waals surface area contributed by atoms with Crippen LogP contribution in [0.5, 0.6) is 0 Å². The van der Waals surface area contributed by atoms with Crippen LogP contribution in [0.2, 0.25) is 5.02 Å². The van der Waals surface area contributed by atoms with E-state index in [9.17, 15) is 13.2 Å². The summed E-state index contributed by atoms with van der Waals surface area (Å²) in [6, 6.07) is 12.8. The van der Waals surface area contributed by atoms with E-state index in [0.717, 1.165) is 10.2 Å². The third-order valence-corrected chi connectivity index (χ3v) is 7.58. The van der Waals surface area contributed by atoms with Crippen molar-refractivity contribution >= 4 is 54.2 Å².